The molecule has 1 rings (SSSR count). The summed E-state index contributed by atoms with van der Waals surface area (Å²) in [6.07, 6.45) is 1.55. The predicted octanol–water partition coefficient (Wildman–Crippen LogP) is 2.90. The maximum atomic E-state index is 10.7. The summed E-state index contributed by atoms with van der Waals surface area (Å²) in [7, 11) is 1.52. The average Bonchev–Trinajstić information content (AvgIpc) is 2.77. The van der Waals surface area contributed by atoms with Gasteiger partial charge in [0.1, 0.15) is 24.4 Å². The van der Waals surface area contributed by atoms with Crippen LogP contribution < -0.4 is 5.82 Å². The fourth-order valence-electron chi connectivity index (χ4n) is 1.13. The van der Waals surface area contributed by atoms with Crippen molar-refractivity contribution in [1.82, 2.24) is 0 Å². The van der Waals surface area contributed by atoms with Crippen LogP contribution in [0.25, 0.3) is 0 Å². The van der Waals surface area contributed by atoms with Crippen molar-refractivity contribution in [3.05, 3.63) is 22.1 Å². The molecule has 6 heteroatoms. The standard InChI is InChI=1S/C7H12O2.C6H8O4.C2H6/c1-6(2)7(9)4-3-5-8;1-4-5(3-8-2)10-6(7)9-4;1-2/h5-6H,3-4H2,1-2H3;3H2,1-2H3;1-2H3. The number of aldehydes is 1. The highest BCUT2D eigenvalue weighted by Crippen LogP contribution is 2.04. The summed E-state index contributed by atoms with van der Waals surface area (Å²) < 4.78 is 13.9. The second-order valence-corrected chi connectivity index (χ2v) is 4.19. The van der Waals surface area contributed by atoms with Gasteiger partial charge in [0.2, 0.25) is 0 Å². The summed E-state index contributed by atoms with van der Waals surface area (Å²) in [5, 5.41) is 0. The molecule has 0 aliphatic heterocycles. The first kappa shape index (κ1) is 21.6. The second kappa shape index (κ2) is 13.3. The fraction of sp³-hybridized carbons (Fsp3) is 0.667. The van der Waals surface area contributed by atoms with Gasteiger partial charge in [0, 0.05) is 25.9 Å². The molecule has 1 aromatic rings. The minimum absolute atomic E-state index is 0.0740. The molecule has 0 aliphatic rings. The van der Waals surface area contributed by atoms with E-state index >= 15 is 0 Å². The maximum Gasteiger partial charge on any atom is 0.519 e. The lowest BCUT2D eigenvalue weighted by atomic mass is 10.1. The van der Waals surface area contributed by atoms with Crippen molar-refractivity contribution in [2.45, 2.75) is 54.1 Å². The lowest BCUT2D eigenvalue weighted by Gasteiger charge is -1.98. The van der Waals surface area contributed by atoms with E-state index in [4.69, 9.17) is 4.74 Å². The van der Waals surface area contributed by atoms with E-state index in [-0.39, 0.29) is 18.3 Å². The molecule has 0 fully saturated rings. The minimum Gasteiger partial charge on any atom is -0.396 e. The Labute approximate surface area is 125 Å². The third kappa shape index (κ3) is 10.7. The maximum absolute atomic E-state index is 10.7. The van der Waals surface area contributed by atoms with Crippen LogP contribution in [-0.2, 0) is 20.9 Å². The topological polar surface area (TPSA) is 86.7 Å². The molecule has 0 atom stereocenters. The molecule has 0 N–H and O–H groups in total. The van der Waals surface area contributed by atoms with Gasteiger partial charge in [-0.2, -0.15) is 0 Å². The fourth-order valence-corrected chi connectivity index (χ4v) is 1.13. The van der Waals surface area contributed by atoms with Gasteiger partial charge in [0.15, 0.2) is 5.76 Å². The van der Waals surface area contributed by atoms with Crippen molar-refractivity contribution < 1.29 is 23.2 Å². The zero-order valence-electron chi connectivity index (χ0n) is 13.7. The summed E-state index contributed by atoms with van der Waals surface area (Å²) in [5.41, 5.74) is 0. The first-order valence-electron chi connectivity index (χ1n) is 6.97. The first-order chi connectivity index (χ1) is 9.92. The van der Waals surface area contributed by atoms with Gasteiger partial charge in [-0.3, -0.25) is 4.79 Å². The Morgan fingerprint density at radius 3 is 2.19 bits per heavy atom. The Morgan fingerprint density at radius 1 is 1.29 bits per heavy atom. The van der Waals surface area contributed by atoms with Crippen molar-refractivity contribution in [2.24, 2.45) is 5.92 Å². The van der Waals surface area contributed by atoms with E-state index in [1.807, 2.05) is 27.7 Å². The molecule has 0 aliphatic carbocycles. The minimum atomic E-state index is -0.676. The van der Waals surface area contributed by atoms with Crippen LogP contribution in [0.4, 0.5) is 0 Å². The van der Waals surface area contributed by atoms with Crippen molar-refractivity contribution in [2.75, 3.05) is 7.11 Å². The number of hydrogen-bond acceptors (Lipinski definition) is 6. The number of aryl methyl sites for hydroxylation is 1. The third-order valence-corrected chi connectivity index (χ3v) is 2.26. The zero-order valence-corrected chi connectivity index (χ0v) is 13.7. The molecular formula is C15H26O6. The van der Waals surface area contributed by atoms with Crippen LogP contribution in [0.5, 0.6) is 0 Å². The largest absolute Gasteiger partial charge is 0.519 e. The number of Topliss-reactive ketones (excluding diaryl/α,β-unsaturated/α-hetero) is 1. The van der Waals surface area contributed by atoms with Crippen LogP contribution in [0, 0.1) is 12.8 Å². The van der Waals surface area contributed by atoms with Crippen molar-refractivity contribution in [1.29, 1.82) is 0 Å². The summed E-state index contributed by atoms with van der Waals surface area (Å²) in [6, 6.07) is 0. The summed E-state index contributed by atoms with van der Waals surface area (Å²) in [4.78, 5) is 30.9. The second-order valence-electron chi connectivity index (χ2n) is 4.19. The van der Waals surface area contributed by atoms with Gasteiger partial charge in [0.05, 0.1) is 0 Å². The Kier molecular flexibility index (Phi) is 13.7. The summed E-state index contributed by atoms with van der Waals surface area (Å²) in [6.45, 7) is 9.61. The van der Waals surface area contributed by atoms with E-state index in [9.17, 15) is 14.4 Å². The van der Waals surface area contributed by atoms with Crippen LogP contribution in [0.3, 0.4) is 0 Å². The molecule has 6 nitrogen and oxygen atoms in total. The number of ketones is 1. The lowest BCUT2D eigenvalue weighted by Crippen LogP contribution is -2.06. The molecule has 21 heavy (non-hydrogen) atoms. The van der Waals surface area contributed by atoms with Gasteiger partial charge in [-0.1, -0.05) is 27.7 Å². The van der Waals surface area contributed by atoms with Crippen molar-refractivity contribution in [3.63, 3.8) is 0 Å². The number of methoxy groups -OCH3 is 1. The number of carbonyl (C=O) groups is 2. The number of carbonyl (C=O) groups excluding carboxylic acids is 2. The van der Waals surface area contributed by atoms with Gasteiger partial charge in [-0.15, -0.1) is 0 Å². The average molecular weight is 302 g/mol. The normalized spacial score (nSPS) is 9.29. The van der Waals surface area contributed by atoms with Crippen LogP contribution in [0.2, 0.25) is 0 Å². The van der Waals surface area contributed by atoms with Crippen LogP contribution in [0.1, 0.15) is 52.1 Å². The molecule has 122 valence electrons. The monoisotopic (exact) mass is 302 g/mol. The third-order valence-electron chi connectivity index (χ3n) is 2.26. The quantitative estimate of drug-likeness (QED) is 0.751. The van der Waals surface area contributed by atoms with E-state index in [1.165, 1.54) is 7.11 Å². The van der Waals surface area contributed by atoms with Crippen molar-refractivity contribution in [3.8, 4) is 0 Å². The molecular weight excluding hydrogens is 276 g/mol. The molecule has 1 heterocycles. The SMILES string of the molecule is CC.CC(C)C(=O)CCC=O.COCc1oc(=O)oc1C. The van der Waals surface area contributed by atoms with E-state index in [0.717, 1.165) is 6.29 Å². The highest BCUT2D eigenvalue weighted by molar-refractivity contribution is 5.81. The number of hydrogen-bond donors (Lipinski definition) is 0. The van der Waals surface area contributed by atoms with Gasteiger partial charge in [-0.05, 0) is 6.92 Å². The first-order valence-corrected chi connectivity index (χ1v) is 6.97. The highest BCUT2D eigenvalue weighted by Gasteiger charge is 2.06. The molecule has 0 amide bonds. The Hall–Kier alpha value is -1.69. The van der Waals surface area contributed by atoms with Crippen LogP contribution in [-0.4, -0.2) is 19.2 Å². The van der Waals surface area contributed by atoms with E-state index in [1.54, 1.807) is 6.92 Å². The van der Waals surface area contributed by atoms with E-state index < -0.39 is 5.82 Å². The van der Waals surface area contributed by atoms with Gasteiger partial charge in [0.25, 0.3) is 0 Å². The summed E-state index contributed by atoms with van der Waals surface area (Å²) in [5.74, 6) is 0.496. The molecule has 0 spiro atoms. The smallest absolute Gasteiger partial charge is 0.396 e. The van der Waals surface area contributed by atoms with Gasteiger partial charge < -0.3 is 18.4 Å². The molecule has 0 saturated heterocycles. The predicted molar refractivity (Wildman–Crippen MR) is 79.2 cm³/mol. The molecule has 0 unspecified atom stereocenters. The van der Waals surface area contributed by atoms with E-state index in [0.29, 0.717) is 24.4 Å². The summed E-state index contributed by atoms with van der Waals surface area (Å²) >= 11 is 0. The molecule has 0 aromatic carbocycles. The highest BCUT2D eigenvalue weighted by atomic mass is 16.6. The van der Waals surface area contributed by atoms with Gasteiger partial charge >= 0.3 is 5.82 Å². The zero-order chi connectivity index (χ0) is 16.8. The molecule has 0 radical (unpaired) electrons. The number of ether oxygens (including phenoxy) is 1. The Morgan fingerprint density at radius 2 is 1.86 bits per heavy atom. The van der Waals surface area contributed by atoms with Gasteiger partial charge in [-0.25, -0.2) is 4.79 Å². The molecule has 1 aromatic heterocycles. The Balaban J connectivity index is 0. The number of rotatable bonds is 6. The molecule has 0 saturated carbocycles. The van der Waals surface area contributed by atoms with E-state index in [2.05, 4.69) is 8.83 Å². The Bertz CT molecular complexity index is 441. The van der Waals surface area contributed by atoms with Crippen LogP contribution in [0.15, 0.2) is 13.6 Å². The molecule has 0 bridgehead atoms. The lowest BCUT2D eigenvalue weighted by molar-refractivity contribution is -0.123. The van der Waals surface area contributed by atoms with Crippen LogP contribution >= 0.6 is 0 Å². The van der Waals surface area contributed by atoms with Crippen molar-refractivity contribution >= 4 is 12.1 Å².